The minimum Gasteiger partial charge on any atom is -0.387 e. The maximum absolute atomic E-state index is 9.83. The fraction of sp³-hybridized carbons (Fsp3) is 1.00. The molecule has 0 saturated carbocycles. The highest BCUT2D eigenvalue weighted by Crippen LogP contribution is 2.34. The normalized spacial score (nSPS) is 37.5. The van der Waals surface area contributed by atoms with Crippen LogP contribution in [-0.4, -0.2) is 35.3 Å². The van der Waals surface area contributed by atoms with Gasteiger partial charge in [0.15, 0.2) is 0 Å². The monoisotopic (exact) mass is 159 g/mol. The summed E-state index contributed by atoms with van der Waals surface area (Å²) in [6, 6.07) is 0. The highest BCUT2D eigenvalue weighted by Gasteiger charge is 2.43. The number of rotatable bonds is 1. The van der Waals surface area contributed by atoms with E-state index >= 15 is 0 Å². The SMILES string of the molecule is OC1(C2CCSC2)CNC1. The van der Waals surface area contributed by atoms with Crippen LogP contribution in [0.25, 0.3) is 0 Å². The highest BCUT2D eigenvalue weighted by atomic mass is 32.2. The standard InChI is InChI=1S/C7H13NOS/c9-7(4-8-5-7)6-1-2-10-3-6/h6,8-9H,1-5H2. The zero-order valence-electron chi connectivity index (χ0n) is 5.97. The van der Waals surface area contributed by atoms with Gasteiger partial charge in [-0.05, 0) is 23.8 Å². The number of thioether (sulfide) groups is 1. The third-order valence-electron chi connectivity index (χ3n) is 2.55. The lowest BCUT2D eigenvalue weighted by atomic mass is 9.82. The van der Waals surface area contributed by atoms with Crippen LogP contribution in [0.2, 0.25) is 0 Å². The number of hydrogen-bond acceptors (Lipinski definition) is 3. The van der Waals surface area contributed by atoms with Crippen LogP contribution < -0.4 is 5.32 Å². The van der Waals surface area contributed by atoms with Gasteiger partial charge in [-0.1, -0.05) is 0 Å². The Morgan fingerprint density at radius 2 is 2.30 bits per heavy atom. The van der Waals surface area contributed by atoms with E-state index in [2.05, 4.69) is 5.32 Å². The van der Waals surface area contributed by atoms with Gasteiger partial charge in [-0.2, -0.15) is 11.8 Å². The molecule has 2 N–H and O–H groups in total. The van der Waals surface area contributed by atoms with Crippen LogP contribution in [0.3, 0.4) is 0 Å². The first-order chi connectivity index (χ1) is 4.81. The van der Waals surface area contributed by atoms with Gasteiger partial charge in [0, 0.05) is 13.1 Å². The largest absolute Gasteiger partial charge is 0.387 e. The van der Waals surface area contributed by atoms with E-state index in [1.54, 1.807) is 0 Å². The molecule has 2 fully saturated rings. The van der Waals surface area contributed by atoms with E-state index in [1.165, 1.54) is 12.2 Å². The molecule has 3 heteroatoms. The van der Waals surface area contributed by atoms with E-state index in [9.17, 15) is 5.11 Å². The lowest BCUT2D eigenvalue weighted by Gasteiger charge is -2.42. The van der Waals surface area contributed by atoms with E-state index in [1.807, 2.05) is 11.8 Å². The van der Waals surface area contributed by atoms with E-state index in [0.717, 1.165) is 18.8 Å². The first kappa shape index (κ1) is 6.95. The van der Waals surface area contributed by atoms with Crippen LogP contribution in [-0.2, 0) is 0 Å². The Bertz CT molecular complexity index is 130. The molecule has 0 aromatic heterocycles. The molecule has 0 radical (unpaired) electrons. The van der Waals surface area contributed by atoms with E-state index in [0.29, 0.717) is 5.92 Å². The van der Waals surface area contributed by atoms with Crippen molar-refractivity contribution < 1.29 is 5.11 Å². The molecule has 2 aliphatic heterocycles. The Kier molecular flexibility index (Phi) is 1.66. The summed E-state index contributed by atoms with van der Waals surface area (Å²) in [5.74, 6) is 2.98. The topological polar surface area (TPSA) is 32.3 Å². The molecule has 1 unspecified atom stereocenters. The zero-order valence-corrected chi connectivity index (χ0v) is 6.78. The Morgan fingerprint density at radius 3 is 2.70 bits per heavy atom. The first-order valence-electron chi connectivity index (χ1n) is 3.82. The average molecular weight is 159 g/mol. The van der Waals surface area contributed by atoms with Gasteiger partial charge in [0.1, 0.15) is 0 Å². The van der Waals surface area contributed by atoms with Gasteiger partial charge < -0.3 is 10.4 Å². The summed E-state index contributed by atoms with van der Waals surface area (Å²) in [6.07, 6.45) is 1.21. The Hall–Kier alpha value is 0.270. The van der Waals surface area contributed by atoms with Crippen molar-refractivity contribution in [1.82, 2.24) is 5.32 Å². The maximum Gasteiger partial charge on any atom is 0.0931 e. The molecule has 2 saturated heterocycles. The molecular weight excluding hydrogens is 146 g/mol. The molecule has 0 aromatic carbocycles. The minimum atomic E-state index is -0.330. The van der Waals surface area contributed by atoms with Crippen LogP contribution >= 0.6 is 11.8 Å². The van der Waals surface area contributed by atoms with Crippen LogP contribution in [0.1, 0.15) is 6.42 Å². The molecule has 2 nitrogen and oxygen atoms in total. The van der Waals surface area contributed by atoms with Gasteiger partial charge in [-0.25, -0.2) is 0 Å². The molecule has 0 aromatic rings. The number of aliphatic hydroxyl groups is 1. The van der Waals surface area contributed by atoms with Gasteiger partial charge >= 0.3 is 0 Å². The van der Waals surface area contributed by atoms with Crippen molar-refractivity contribution in [2.75, 3.05) is 24.6 Å². The second kappa shape index (κ2) is 2.40. The van der Waals surface area contributed by atoms with Crippen LogP contribution in [0.5, 0.6) is 0 Å². The quantitative estimate of drug-likeness (QED) is 0.568. The Balaban J connectivity index is 1.96. The van der Waals surface area contributed by atoms with Crippen LogP contribution in [0.4, 0.5) is 0 Å². The summed E-state index contributed by atoms with van der Waals surface area (Å²) in [6.45, 7) is 1.64. The summed E-state index contributed by atoms with van der Waals surface area (Å²) in [5, 5.41) is 13.0. The number of nitrogens with one attached hydrogen (secondary N) is 1. The maximum atomic E-state index is 9.83. The van der Waals surface area contributed by atoms with Crippen molar-refractivity contribution in [3.05, 3.63) is 0 Å². The molecule has 1 atom stereocenters. The van der Waals surface area contributed by atoms with Crippen molar-refractivity contribution in [2.45, 2.75) is 12.0 Å². The molecule has 0 bridgehead atoms. The summed E-state index contributed by atoms with van der Waals surface area (Å²) >= 11 is 1.97. The summed E-state index contributed by atoms with van der Waals surface area (Å²) in [5.41, 5.74) is -0.330. The van der Waals surface area contributed by atoms with E-state index < -0.39 is 0 Å². The second-order valence-electron chi connectivity index (χ2n) is 3.27. The number of β-amino-alcohol motifs (C(OH)–C–C–N with tert-alkyl or cyclic N) is 1. The third kappa shape index (κ3) is 0.966. The smallest absolute Gasteiger partial charge is 0.0931 e. The van der Waals surface area contributed by atoms with Crippen LogP contribution in [0.15, 0.2) is 0 Å². The Morgan fingerprint density at radius 1 is 1.50 bits per heavy atom. The summed E-state index contributed by atoms with van der Waals surface area (Å²) < 4.78 is 0. The lowest BCUT2D eigenvalue weighted by Crippen LogP contribution is -2.63. The fourth-order valence-corrected chi connectivity index (χ4v) is 3.01. The predicted molar refractivity (Wildman–Crippen MR) is 43.3 cm³/mol. The minimum absolute atomic E-state index is 0.330. The molecule has 2 aliphatic rings. The van der Waals surface area contributed by atoms with Crippen LogP contribution in [0, 0.1) is 5.92 Å². The lowest BCUT2D eigenvalue weighted by molar-refractivity contribution is -0.0528. The van der Waals surface area contributed by atoms with Gasteiger partial charge in [-0.3, -0.25) is 0 Å². The predicted octanol–water partition coefficient (Wildman–Crippen LogP) is 0.0738. The van der Waals surface area contributed by atoms with Gasteiger partial charge in [0.25, 0.3) is 0 Å². The van der Waals surface area contributed by atoms with Crippen molar-refractivity contribution >= 4 is 11.8 Å². The van der Waals surface area contributed by atoms with Crippen molar-refractivity contribution in [3.63, 3.8) is 0 Å². The third-order valence-corrected chi connectivity index (χ3v) is 3.71. The summed E-state index contributed by atoms with van der Waals surface area (Å²) in [4.78, 5) is 0. The fourth-order valence-electron chi connectivity index (χ4n) is 1.63. The van der Waals surface area contributed by atoms with Gasteiger partial charge in [0.05, 0.1) is 5.60 Å². The van der Waals surface area contributed by atoms with E-state index in [4.69, 9.17) is 0 Å². The molecule has 58 valence electrons. The van der Waals surface area contributed by atoms with Gasteiger partial charge in [-0.15, -0.1) is 0 Å². The number of hydrogen-bond donors (Lipinski definition) is 2. The molecule has 2 rings (SSSR count). The molecule has 2 heterocycles. The van der Waals surface area contributed by atoms with E-state index in [-0.39, 0.29) is 5.60 Å². The first-order valence-corrected chi connectivity index (χ1v) is 4.98. The molecule has 0 amide bonds. The Labute approximate surface area is 65.4 Å². The van der Waals surface area contributed by atoms with Crippen molar-refractivity contribution in [3.8, 4) is 0 Å². The molecular formula is C7H13NOS. The van der Waals surface area contributed by atoms with Crippen molar-refractivity contribution in [1.29, 1.82) is 0 Å². The second-order valence-corrected chi connectivity index (χ2v) is 4.42. The average Bonchev–Trinajstić information content (AvgIpc) is 2.33. The molecule has 10 heavy (non-hydrogen) atoms. The molecule has 0 spiro atoms. The van der Waals surface area contributed by atoms with Crippen molar-refractivity contribution in [2.24, 2.45) is 5.92 Å². The highest BCUT2D eigenvalue weighted by molar-refractivity contribution is 7.99. The summed E-state index contributed by atoms with van der Waals surface area (Å²) in [7, 11) is 0. The van der Waals surface area contributed by atoms with Gasteiger partial charge in [0.2, 0.25) is 0 Å². The zero-order chi connectivity index (χ0) is 7.03. The molecule has 0 aliphatic carbocycles.